The van der Waals surface area contributed by atoms with Gasteiger partial charge < -0.3 is 15.5 Å². The molecule has 1 amide bonds. The lowest BCUT2D eigenvalue weighted by Crippen LogP contribution is -2.52. The van der Waals surface area contributed by atoms with Crippen molar-refractivity contribution in [3.05, 3.63) is 59.4 Å². The molecular weight excluding hydrogens is 393 g/mol. The van der Waals surface area contributed by atoms with Crippen LogP contribution in [-0.4, -0.2) is 47.6 Å². The molecule has 1 aliphatic heterocycles. The third kappa shape index (κ3) is 3.76. The van der Waals surface area contributed by atoms with Crippen LogP contribution in [0.5, 0.6) is 0 Å². The number of anilines is 1. The fraction of sp³-hybridized carbons (Fsp3) is 0.455. The Morgan fingerprint density at radius 3 is 2.63 bits per heavy atom. The number of alkyl halides is 3. The summed E-state index contributed by atoms with van der Waals surface area (Å²) in [7, 11) is 0. The van der Waals surface area contributed by atoms with Crippen molar-refractivity contribution in [1.29, 1.82) is 0 Å². The van der Waals surface area contributed by atoms with E-state index < -0.39 is 18.1 Å². The van der Waals surface area contributed by atoms with E-state index in [0.29, 0.717) is 12.2 Å². The van der Waals surface area contributed by atoms with Gasteiger partial charge >= 0.3 is 6.18 Å². The van der Waals surface area contributed by atoms with Crippen molar-refractivity contribution in [3.8, 4) is 0 Å². The third-order valence-corrected chi connectivity index (χ3v) is 6.16. The second-order valence-corrected chi connectivity index (χ2v) is 8.46. The number of nitrogens with zero attached hydrogens (tertiary/aromatic N) is 2. The van der Waals surface area contributed by atoms with Gasteiger partial charge in [0.25, 0.3) is 0 Å². The van der Waals surface area contributed by atoms with Crippen LogP contribution in [0.25, 0.3) is 0 Å². The molecule has 160 valence electrons. The number of carbonyl (C=O) groups is 1. The Bertz CT molecular complexity index is 927. The summed E-state index contributed by atoms with van der Waals surface area (Å²) >= 11 is 0. The van der Waals surface area contributed by atoms with Crippen molar-refractivity contribution < 1.29 is 18.0 Å². The van der Waals surface area contributed by atoms with Crippen LogP contribution in [0.2, 0.25) is 0 Å². The lowest BCUT2D eigenvalue weighted by atomic mass is 9.83. The minimum absolute atomic E-state index is 0.000780. The van der Waals surface area contributed by atoms with Crippen LogP contribution >= 0.6 is 0 Å². The van der Waals surface area contributed by atoms with Crippen molar-refractivity contribution in [2.75, 3.05) is 25.0 Å². The molecule has 1 saturated heterocycles. The number of aromatic nitrogens is 1. The number of hydrogen-bond acceptors (Lipinski definition) is 4. The van der Waals surface area contributed by atoms with Gasteiger partial charge in [0, 0.05) is 24.5 Å². The van der Waals surface area contributed by atoms with E-state index in [1.807, 2.05) is 12.1 Å². The van der Waals surface area contributed by atoms with Gasteiger partial charge in [0.05, 0.1) is 24.1 Å². The number of rotatable bonds is 4. The van der Waals surface area contributed by atoms with Crippen molar-refractivity contribution in [3.63, 3.8) is 0 Å². The van der Waals surface area contributed by atoms with E-state index in [-0.39, 0.29) is 30.2 Å². The SMILES string of the molecule is CC1(C)c2ccccc2CC1Nc1ccc(C(N2CCNCC2=O)C(F)(F)F)nc1. The zero-order valence-electron chi connectivity index (χ0n) is 17.0. The smallest absolute Gasteiger partial charge is 0.380 e. The summed E-state index contributed by atoms with van der Waals surface area (Å²) in [6.07, 6.45) is -2.32. The molecule has 1 aliphatic carbocycles. The van der Waals surface area contributed by atoms with E-state index in [0.717, 1.165) is 11.3 Å². The van der Waals surface area contributed by atoms with E-state index in [1.54, 1.807) is 6.07 Å². The lowest BCUT2D eigenvalue weighted by Gasteiger charge is -2.35. The van der Waals surface area contributed by atoms with Crippen LogP contribution in [0.3, 0.4) is 0 Å². The fourth-order valence-corrected chi connectivity index (χ4v) is 4.47. The molecule has 5 nitrogen and oxygen atoms in total. The first-order valence-corrected chi connectivity index (χ1v) is 10.1. The molecule has 0 radical (unpaired) electrons. The van der Waals surface area contributed by atoms with Crippen LogP contribution < -0.4 is 10.6 Å². The highest BCUT2D eigenvalue weighted by Gasteiger charge is 2.48. The topological polar surface area (TPSA) is 57.3 Å². The molecule has 2 N–H and O–H groups in total. The quantitative estimate of drug-likeness (QED) is 0.799. The summed E-state index contributed by atoms with van der Waals surface area (Å²) in [5, 5.41) is 6.23. The second-order valence-electron chi connectivity index (χ2n) is 8.46. The zero-order valence-corrected chi connectivity index (χ0v) is 17.0. The van der Waals surface area contributed by atoms with E-state index in [2.05, 4.69) is 41.6 Å². The molecule has 8 heteroatoms. The number of hydrogen-bond donors (Lipinski definition) is 2. The molecule has 2 heterocycles. The standard InChI is InChI=1S/C22H25F3N4O/c1-21(2)16-6-4-3-5-14(16)11-18(21)28-15-7-8-17(27-12-15)20(22(23,24)25)29-10-9-26-13-19(29)30/h3-8,12,18,20,26,28H,9-11,13H2,1-2H3. The van der Waals surface area contributed by atoms with E-state index in [1.165, 1.54) is 23.4 Å². The first kappa shape index (κ1) is 20.7. The number of carbonyl (C=O) groups excluding carboxylic acids is 1. The van der Waals surface area contributed by atoms with Crippen LogP contribution in [0.1, 0.15) is 36.7 Å². The Labute approximate surface area is 173 Å². The van der Waals surface area contributed by atoms with Crippen LogP contribution in [-0.2, 0) is 16.6 Å². The van der Waals surface area contributed by atoms with Gasteiger partial charge in [-0.3, -0.25) is 9.78 Å². The first-order chi connectivity index (χ1) is 14.2. The molecular formula is C22H25F3N4O. The average molecular weight is 418 g/mol. The number of fused-ring (bicyclic) bond motifs is 1. The van der Waals surface area contributed by atoms with Gasteiger partial charge in [0.15, 0.2) is 6.04 Å². The summed E-state index contributed by atoms with van der Waals surface area (Å²) < 4.78 is 41.3. The Kier molecular flexibility index (Phi) is 5.22. The summed E-state index contributed by atoms with van der Waals surface area (Å²) in [5.41, 5.74) is 2.94. The van der Waals surface area contributed by atoms with Gasteiger partial charge in [-0.15, -0.1) is 0 Å². The van der Waals surface area contributed by atoms with Gasteiger partial charge in [0.2, 0.25) is 5.91 Å². The van der Waals surface area contributed by atoms with Crippen molar-refractivity contribution in [2.24, 2.45) is 0 Å². The van der Waals surface area contributed by atoms with Crippen LogP contribution in [0, 0.1) is 0 Å². The fourth-order valence-electron chi connectivity index (χ4n) is 4.47. The predicted molar refractivity (Wildman–Crippen MR) is 108 cm³/mol. The number of amides is 1. The van der Waals surface area contributed by atoms with E-state index >= 15 is 0 Å². The molecule has 2 atom stereocenters. The molecule has 0 spiro atoms. The lowest BCUT2D eigenvalue weighted by molar-refractivity contribution is -0.194. The van der Waals surface area contributed by atoms with Gasteiger partial charge in [-0.1, -0.05) is 38.1 Å². The van der Waals surface area contributed by atoms with Crippen LogP contribution in [0.15, 0.2) is 42.6 Å². The summed E-state index contributed by atoms with van der Waals surface area (Å²) in [4.78, 5) is 17.0. The normalized spacial score (nSPS) is 22.0. The van der Waals surface area contributed by atoms with Gasteiger partial charge in [-0.25, -0.2) is 0 Å². The highest BCUT2D eigenvalue weighted by atomic mass is 19.4. The molecule has 0 saturated carbocycles. The molecule has 1 aromatic heterocycles. The minimum Gasteiger partial charge on any atom is -0.380 e. The van der Waals surface area contributed by atoms with Gasteiger partial charge in [-0.2, -0.15) is 13.2 Å². The monoisotopic (exact) mass is 418 g/mol. The number of pyridine rings is 1. The molecule has 2 aliphatic rings. The summed E-state index contributed by atoms with van der Waals surface area (Å²) in [6, 6.07) is 9.33. The predicted octanol–water partition coefficient (Wildman–Crippen LogP) is 3.43. The molecule has 2 unspecified atom stereocenters. The highest BCUT2D eigenvalue weighted by molar-refractivity contribution is 5.79. The summed E-state index contributed by atoms with van der Waals surface area (Å²) in [6.45, 7) is 4.56. The first-order valence-electron chi connectivity index (χ1n) is 10.1. The van der Waals surface area contributed by atoms with Crippen molar-refractivity contribution >= 4 is 11.6 Å². The van der Waals surface area contributed by atoms with Gasteiger partial charge in [-0.05, 0) is 29.7 Å². The van der Waals surface area contributed by atoms with Crippen LogP contribution in [0.4, 0.5) is 18.9 Å². The van der Waals surface area contributed by atoms with E-state index in [4.69, 9.17) is 0 Å². The number of halogens is 3. The number of nitrogens with one attached hydrogen (secondary N) is 2. The molecule has 1 aromatic carbocycles. The molecule has 0 bridgehead atoms. The Hall–Kier alpha value is -2.61. The zero-order chi connectivity index (χ0) is 21.5. The highest BCUT2D eigenvalue weighted by Crippen LogP contribution is 2.40. The molecule has 4 rings (SSSR count). The number of piperazine rings is 1. The van der Waals surface area contributed by atoms with Crippen molar-refractivity contribution in [1.82, 2.24) is 15.2 Å². The third-order valence-electron chi connectivity index (χ3n) is 6.16. The minimum atomic E-state index is -4.59. The second kappa shape index (κ2) is 7.58. The Balaban J connectivity index is 1.54. The molecule has 1 fully saturated rings. The maximum Gasteiger partial charge on any atom is 0.414 e. The van der Waals surface area contributed by atoms with Gasteiger partial charge in [0.1, 0.15) is 0 Å². The molecule has 30 heavy (non-hydrogen) atoms. The summed E-state index contributed by atoms with van der Waals surface area (Å²) in [5.74, 6) is -0.571. The Morgan fingerprint density at radius 1 is 1.23 bits per heavy atom. The van der Waals surface area contributed by atoms with E-state index in [9.17, 15) is 18.0 Å². The number of benzene rings is 1. The maximum absolute atomic E-state index is 13.8. The molecule has 2 aromatic rings. The van der Waals surface area contributed by atoms with Crippen molar-refractivity contribution in [2.45, 2.75) is 43.9 Å². The Morgan fingerprint density at radius 2 is 2.00 bits per heavy atom. The average Bonchev–Trinajstić information content (AvgIpc) is 2.94. The largest absolute Gasteiger partial charge is 0.414 e. The maximum atomic E-state index is 13.8.